The molecular weight excluding hydrogens is 573 g/mol. The lowest BCUT2D eigenvalue weighted by atomic mass is 9.96. The van der Waals surface area contributed by atoms with E-state index in [1.54, 1.807) is 6.07 Å². The number of alkyl halides is 5. The van der Waals surface area contributed by atoms with Crippen LogP contribution in [0.1, 0.15) is 34.5 Å². The minimum Gasteiger partial charge on any atom is -0.396 e. The summed E-state index contributed by atoms with van der Waals surface area (Å²) in [7, 11) is 0. The highest BCUT2D eigenvalue weighted by atomic mass is 19.4. The van der Waals surface area contributed by atoms with E-state index in [9.17, 15) is 22.8 Å². The SMILES string of the molecule is O=C(C=C1c2ccccc2N(C(=O)c2cnn(-c3ccccc3)c2C(F)(F)F)CCC1(F)F)N1CCN(CCCO)CC1. The fraction of sp³-hybridized carbons (Fsp3) is 0.367. The molecule has 13 heteroatoms. The van der Waals surface area contributed by atoms with Crippen LogP contribution in [-0.4, -0.2) is 88.3 Å². The Morgan fingerprint density at radius 3 is 2.30 bits per heavy atom. The van der Waals surface area contributed by atoms with Crippen molar-refractivity contribution in [2.45, 2.75) is 24.9 Å². The summed E-state index contributed by atoms with van der Waals surface area (Å²) in [6.45, 7) is 1.81. The quantitative estimate of drug-likeness (QED) is 0.332. The van der Waals surface area contributed by atoms with E-state index < -0.39 is 53.7 Å². The van der Waals surface area contributed by atoms with Gasteiger partial charge in [-0.05, 0) is 24.6 Å². The Kier molecular flexibility index (Phi) is 8.65. The number of aromatic nitrogens is 2. The lowest BCUT2D eigenvalue weighted by Crippen LogP contribution is -2.48. The van der Waals surface area contributed by atoms with Crippen LogP contribution in [0, 0.1) is 0 Å². The van der Waals surface area contributed by atoms with Gasteiger partial charge in [0, 0.05) is 69.5 Å². The number of anilines is 1. The van der Waals surface area contributed by atoms with Crippen LogP contribution in [0.15, 0.2) is 66.9 Å². The highest BCUT2D eigenvalue weighted by molar-refractivity contribution is 6.09. The summed E-state index contributed by atoms with van der Waals surface area (Å²) in [5, 5.41) is 12.9. The van der Waals surface area contributed by atoms with Gasteiger partial charge < -0.3 is 14.9 Å². The Balaban J connectivity index is 1.49. The van der Waals surface area contributed by atoms with E-state index in [2.05, 4.69) is 10.00 Å². The molecule has 0 radical (unpaired) electrons. The number of allylic oxidation sites excluding steroid dienone is 1. The molecule has 2 aliphatic rings. The van der Waals surface area contributed by atoms with Crippen LogP contribution >= 0.6 is 0 Å². The Labute approximate surface area is 244 Å². The van der Waals surface area contributed by atoms with Gasteiger partial charge >= 0.3 is 6.18 Å². The maximum absolute atomic E-state index is 15.7. The maximum Gasteiger partial charge on any atom is 0.434 e. The number of piperazine rings is 1. The normalized spacial score (nSPS) is 18.4. The van der Waals surface area contributed by atoms with Crippen molar-refractivity contribution in [1.29, 1.82) is 0 Å². The van der Waals surface area contributed by atoms with Crippen molar-refractivity contribution >= 4 is 23.1 Å². The number of carbonyl (C=O) groups excluding carboxylic acids is 2. The number of para-hydroxylation sites is 2. The average molecular weight is 604 g/mol. The topological polar surface area (TPSA) is 81.9 Å². The van der Waals surface area contributed by atoms with Crippen LogP contribution in [-0.2, 0) is 11.0 Å². The number of hydrogen-bond acceptors (Lipinski definition) is 5. The molecular formula is C30H30F5N5O3. The number of aliphatic hydroxyl groups excluding tert-OH is 1. The lowest BCUT2D eigenvalue weighted by molar-refractivity contribution is -0.143. The van der Waals surface area contributed by atoms with Crippen LogP contribution < -0.4 is 4.90 Å². The molecule has 0 unspecified atom stereocenters. The van der Waals surface area contributed by atoms with Gasteiger partial charge in [-0.1, -0.05) is 36.4 Å². The van der Waals surface area contributed by atoms with E-state index in [1.165, 1.54) is 53.4 Å². The molecule has 43 heavy (non-hydrogen) atoms. The van der Waals surface area contributed by atoms with Crippen LogP contribution in [0.2, 0.25) is 0 Å². The number of aliphatic hydroxyl groups is 1. The van der Waals surface area contributed by atoms with Crippen molar-refractivity contribution in [3.63, 3.8) is 0 Å². The van der Waals surface area contributed by atoms with Gasteiger partial charge in [0.05, 0.1) is 23.1 Å². The molecule has 1 aromatic heterocycles. The minimum absolute atomic E-state index is 0.0295. The van der Waals surface area contributed by atoms with Gasteiger partial charge in [-0.25, -0.2) is 13.5 Å². The molecule has 1 N–H and O–H groups in total. The molecule has 0 aliphatic carbocycles. The molecule has 0 spiro atoms. The lowest BCUT2D eigenvalue weighted by Gasteiger charge is -2.34. The van der Waals surface area contributed by atoms with Crippen LogP contribution in [0.5, 0.6) is 0 Å². The minimum atomic E-state index is -4.98. The summed E-state index contributed by atoms with van der Waals surface area (Å²) >= 11 is 0. The average Bonchev–Trinajstić information content (AvgIpc) is 3.42. The van der Waals surface area contributed by atoms with Crippen LogP contribution in [0.3, 0.4) is 0 Å². The molecule has 1 fully saturated rings. The van der Waals surface area contributed by atoms with E-state index in [4.69, 9.17) is 5.11 Å². The molecule has 8 nitrogen and oxygen atoms in total. The monoisotopic (exact) mass is 603 g/mol. The number of rotatable bonds is 6. The number of nitrogens with zero attached hydrogens (tertiary/aromatic N) is 5. The molecule has 3 aromatic rings. The van der Waals surface area contributed by atoms with Crippen molar-refractivity contribution < 1.29 is 36.6 Å². The zero-order chi connectivity index (χ0) is 30.8. The smallest absolute Gasteiger partial charge is 0.396 e. The van der Waals surface area contributed by atoms with Gasteiger partial charge in [0.15, 0.2) is 5.69 Å². The van der Waals surface area contributed by atoms with E-state index >= 15 is 8.78 Å². The summed E-state index contributed by atoms with van der Waals surface area (Å²) in [4.78, 5) is 31.3. The van der Waals surface area contributed by atoms with Crippen LogP contribution in [0.25, 0.3) is 11.3 Å². The number of halogens is 5. The van der Waals surface area contributed by atoms with Crippen molar-refractivity contribution in [2.24, 2.45) is 0 Å². The summed E-state index contributed by atoms with van der Waals surface area (Å²) in [5.41, 5.74) is -2.76. The fourth-order valence-electron chi connectivity index (χ4n) is 5.42. The number of benzene rings is 2. The summed E-state index contributed by atoms with van der Waals surface area (Å²) < 4.78 is 74.9. The van der Waals surface area contributed by atoms with Gasteiger partial charge in [0.1, 0.15) is 0 Å². The Bertz CT molecular complexity index is 1500. The zero-order valence-electron chi connectivity index (χ0n) is 23.1. The molecule has 1 saturated heterocycles. The third kappa shape index (κ3) is 6.32. The van der Waals surface area contributed by atoms with Crippen molar-refractivity contribution in [1.82, 2.24) is 19.6 Å². The van der Waals surface area contributed by atoms with E-state index in [-0.39, 0.29) is 23.5 Å². The second-order valence-corrected chi connectivity index (χ2v) is 10.4. The second-order valence-electron chi connectivity index (χ2n) is 10.4. The van der Waals surface area contributed by atoms with Gasteiger partial charge in [0.2, 0.25) is 5.91 Å². The molecule has 2 amide bonds. The summed E-state index contributed by atoms with van der Waals surface area (Å²) in [6.07, 6.45) is -3.62. The van der Waals surface area contributed by atoms with E-state index in [0.29, 0.717) is 43.8 Å². The molecule has 0 atom stereocenters. The first kappa shape index (κ1) is 30.4. The highest BCUT2D eigenvalue weighted by Crippen LogP contribution is 2.44. The Morgan fingerprint density at radius 2 is 1.63 bits per heavy atom. The first-order chi connectivity index (χ1) is 20.5. The van der Waals surface area contributed by atoms with E-state index in [1.807, 2.05) is 0 Å². The number of amides is 2. The standard InChI is InChI=1S/C30H30F5N5O3/c31-29(32)11-13-39(28(43)23-20-36-40(27(23)30(33,34)35)21-7-2-1-3-8-21)25-10-5-4-9-22(25)24(29)19-26(42)38-16-14-37(15-17-38)12-6-18-41/h1-5,7-10,19-20,41H,6,11-18H2. The number of hydrogen-bond donors (Lipinski definition) is 1. The van der Waals surface area contributed by atoms with E-state index in [0.717, 1.165) is 17.2 Å². The maximum atomic E-state index is 15.7. The van der Waals surface area contributed by atoms with Crippen LogP contribution in [0.4, 0.5) is 27.6 Å². The predicted molar refractivity (Wildman–Crippen MR) is 149 cm³/mol. The van der Waals surface area contributed by atoms with Crippen molar-refractivity contribution in [2.75, 3.05) is 50.8 Å². The second kappa shape index (κ2) is 12.3. The molecule has 2 aliphatic heterocycles. The molecule has 3 heterocycles. The third-order valence-electron chi connectivity index (χ3n) is 7.63. The molecule has 0 bridgehead atoms. The van der Waals surface area contributed by atoms with Gasteiger partial charge in [0.25, 0.3) is 11.8 Å². The first-order valence-corrected chi connectivity index (χ1v) is 13.9. The van der Waals surface area contributed by atoms with Gasteiger partial charge in [-0.15, -0.1) is 0 Å². The first-order valence-electron chi connectivity index (χ1n) is 13.9. The predicted octanol–water partition coefficient (Wildman–Crippen LogP) is 4.49. The zero-order valence-corrected chi connectivity index (χ0v) is 23.1. The Morgan fingerprint density at radius 1 is 0.953 bits per heavy atom. The number of carbonyl (C=O) groups is 2. The van der Waals surface area contributed by atoms with Crippen molar-refractivity contribution in [3.8, 4) is 5.69 Å². The van der Waals surface area contributed by atoms with Crippen molar-refractivity contribution in [3.05, 3.63) is 83.7 Å². The number of fused-ring (bicyclic) bond motifs is 1. The molecule has 5 rings (SSSR count). The molecule has 2 aromatic carbocycles. The molecule has 228 valence electrons. The fourth-order valence-corrected chi connectivity index (χ4v) is 5.42. The Hall–Kier alpha value is -4.10. The molecule has 0 saturated carbocycles. The highest BCUT2D eigenvalue weighted by Gasteiger charge is 2.45. The summed E-state index contributed by atoms with van der Waals surface area (Å²) in [6, 6.07) is 13.1. The largest absolute Gasteiger partial charge is 0.434 e. The van der Waals surface area contributed by atoms with Gasteiger partial charge in [-0.3, -0.25) is 14.5 Å². The third-order valence-corrected chi connectivity index (χ3v) is 7.63. The van der Waals surface area contributed by atoms with Gasteiger partial charge in [-0.2, -0.15) is 18.3 Å². The summed E-state index contributed by atoms with van der Waals surface area (Å²) in [5.74, 6) is -5.30.